The van der Waals surface area contributed by atoms with E-state index in [9.17, 15) is 9.59 Å². The average molecular weight is 274 g/mol. The third-order valence-electron chi connectivity index (χ3n) is 2.86. The van der Waals surface area contributed by atoms with E-state index in [1.807, 2.05) is 0 Å². The number of nitrogens with zero attached hydrogens (tertiary/aromatic N) is 2. The van der Waals surface area contributed by atoms with Gasteiger partial charge in [-0.1, -0.05) is 11.8 Å². The van der Waals surface area contributed by atoms with Gasteiger partial charge in [-0.2, -0.15) is 0 Å². The molecule has 1 unspecified atom stereocenters. The summed E-state index contributed by atoms with van der Waals surface area (Å²) in [5.41, 5.74) is -0.974. The number of aromatic amines is 1. The predicted molar refractivity (Wildman–Crippen MR) is 68.7 cm³/mol. The molecule has 0 saturated heterocycles. The van der Waals surface area contributed by atoms with Gasteiger partial charge in [0.25, 0.3) is 0 Å². The number of carbonyl (C=O) groups excluding carboxylic acids is 1. The number of thioether (sulfide) groups is 1. The standard InChI is InChI=1S/C10H18N4O3S/c1-10(11-2,7(15)17-4)5-6-18-9-13-12-8(16)14(9)3/h11H,5-6H2,1-4H3,(H,12,16). The first-order valence-electron chi connectivity index (χ1n) is 5.46. The maximum Gasteiger partial charge on any atom is 0.343 e. The Bertz CT molecular complexity index is 470. The highest BCUT2D eigenvalue weighted by Gasteiger charge is 2.32. The molecule has 0 aliphatic carbocycles. The number of likely N-dealkylation sites (N-methyl/N-ethyl adjacent to an activating group) is 1. The van der Waals surface area contributed by atoms with E-state index >= 15 is 0 Å². The summed E-state index contributed by atoms with van der Waals surface area (Å²) in [6.45, 7) is 1.78. The van der Waals surface area contributed by atoms with E-state index in [1.54, 1.807) is 21.0 Å². The number of aromatic nitrogens is 3. The quantitative estimate of drug-likeness (QED) is 0.549. The van der Waals surface area contributed by atoms with E-state index in [-0.39, 0.29) is 11.7 Å². The Morgan fingerprint density at radius 3 is 2.78 bits per heavy atom. The van der Waals surface area contributed by atoms with Crippen molar-refractivity contribution in [3.05, 3.63) is 10.5 Å². The van der Waals surface area contributed by atoms with E-state index in [1.165, 1.54) is 23.4 Å². The van der Waals surface area contributed by atoms with Crippen molar-refractivity contribution in [1.82, 2.24) is 20.1 Å². The van der Waals surface area contributed by atoms with Gasteiger partial charge < -0.3 is 10.1 Å². The molecule has 0 amide bonds. The minimum Gasteiger partial charge on any atom is -0.468 e. The highest BCUT2D eigenvalue weighted by Crippen LogP contribution is 2.19. The average Bonchev–Trinajstić information content (AvgIpc) is 2.69. The molecule has 1 aromatic rings. The summed E-state index contributed by atoms with van der Waals surface area (Å²) in [6.07, 6.45) is 0.571. The molecule has 0 aliphatic rings. The van der Waals surface area contributed by atoms with Gasteiger partial charge in [0.2, 0.25) is 0 Å². The predicted octanol–water partition coefficient (Wildman–Crippen LogP) is -0.258. The van der Waals surface area contributed by atoms with Crippen LogP contribution in [0, 0.1) is 0 Å². The number of carbonyl (C=O) groups is 1. The molecule has 7 nitrogen and oxygen atoms in total. The molecule has 0 aromatic carbocycles. The lowest BCUT2D eigenvalue weighted by atomic mass is 10.00. The first kappa shape index (κ1) is 14.8. The van der Waals surface area contributed by atoms with Crippen LogP contribution in [0.15, 0.2) is 9.95 Å². The summed E-state index contributed by atoms with van der Waals surface area (Å²) in [4.78, 5) is 22.8. The molecule has 1 atom stereocenters. The van der Waals surface area contributed by atoms with Crippen LogP contribution < -0.4 is 11.0 Å². The summed E-state index contributed by atoms with van der Waals surface area (Å²) < 4.78 is 6.18. The zero-order chi connectivity index (χ0) is 13.8. The van der Waals surface area contributed by atoms with Crippen LogP contribution in [0.3, 0.4) is 0 Å². The van der Waals surface area contributed by atoms with Crippen LogP contribution in [0.2, 0.25) is 0 Å². The molecule has 0 radical (unpaired) electrons. The van der Waals surface area contributed by atoms with Gasteiger partial charge in [0.1, 0.15) is 5.54 Å². The largest absolute Gasteiger partial charge is 0.468 e. The van der Waals surface area contributed by atoms with Gasteiger partial charge in [-0.3, -0.25) is 9.36 Å². The molecule has 0 saturated carbocycles. The van der Waals surface area contributed by atoms with E-state index in [4.69, 9.17) is 4.74 Å². The minimum absolute atomic E-state index is 0.248. The molecule has 1 aromatic heterocycles. The van der Waals surface area contributed by atoms with E-state index < -0.39 is 5.54 Å². The molecule has 18 heavy (non-hydrogen) atoms. The van der Waals surface area contributed by atoms with Gasteiger partial charge in [-0.05, 0) is 20.4 Å². The number of hydrogen-bond donors (Lipinski definition) is 2. The summed E-state index contributed by atoms with van der Waals surface area (Å²) in [5, 5.41) is 9.79. The van der Waals surface area contributed by atoms with Crippen molar-refractivity contribution in [3.8, 4) is 0 Å². The Balaban J connectivity index is 2.57. The molecular weight excluding hydrogens is 256 g/mol. The summed E-state index contributed by atoms with van der Waals surface area (Å²) in [7, 11) is 4.72. The van der Waals surface area contributed by atoms with Crippen LogP contribution in [-0.4, -0.2) is 46.2 Å². The Kier molecular flexibility index (Phi) is 4.97. The molecule has 0 fully saturated rings. The normalized spacial score (nSPS) is 14.2. The van der Waals surface area contributed by atoms with Crippen molar-refractivity contribution in [3.63, 3.8) is 0 Å². The Labute approximate surface area is 109 Å². The van der Waals surface area contributed by atoms with Crippen molar-refractivity contribution in [2.75, 3.05) is 19.9 Å². The van der Waals surface area contributed by atoms with Gasteiger partial charge in [0.15, 0.2) is 5.16 Å². The van der Waals surface area contributed by atoms with Gasteiger partial charge in [0.05, 0.1) is 7.11 Å². The zero-order valence-electron chi connectivity index (χ0n) is 10.9. The van der Waals surface area contributed by atoms with Crippen molar-refractivity contribution in [1.29, 1.82) is 0 Å². The number of esters is 1. The molecule has 0 bridgehead atoms. The van der Waals surface area contributed by atoms with Gasteiger partial charge in [-0.25, -0.2) is 9.89 Å². The molecule has 1 heterocycles. The lowest BCUT2D eigenvalue weighted by molar-refractivity contribution is -0.147. The Hall–Kier alpha value is -1.28. The molecule has 0 aliphatic heterocycles. The SMILES string of the molecule is CNC(C)(CCSc1n[nH]c(=O)n1C)C(=O)OC. The fraction of sp³-hybridized carbons (Fsp3) is 0.700. The second kappa shape index (κ2) is 6.05. The summed E-state index contributed by atoms with van der Waals surface area (Å²) >= 11 is 1.41. The highest BCUT2D eigenvalue weighted by atomic mass is 32.2. The van der Waals surface area contributed by atoms with Crippen LogP contribution in [0.5, 0.6) is 0 Å². The topological polar surface area (TPSA) is 89.0 Å². The van der Waals surface area contributed by atoms with Gasteiger partial charge in [-0.15, -0.1) is 5.10 Å². The Morgan fingerprint density at radius 1 is 1.67 bits per heavy atom. The number of ether oxygens (including phenoxy) is 1. The van der Waals surface area contributed by atoms with Crippen LogP contribution in [-0.2, 0) is 16.6 Å². The highest BCUT2D eigenvalue weighted by molar-refractivity contribution is 7.99. The lowest BCUT2D eigenvalue weighted by Crippen LogP contribution is -2.48. The number of methoxy groups -OCH3 is 1. The maximum absolute atomic E-state index is 11.6. The minimum atomic E-state index is -0.725. The van der Waals surface area contributed by atoms with Crippen molar-refractivity contribution < 1.29 is 9.53 Å². The smallest absolute Gasteiger partial charge is 0.343 e. The molecule has 0 spiro atoms. The summed E-state index contributed by atoms with van der Waals surface area (Å²) in [5.74, 6) is 0.339. The first-order chi connectivity index (χ1) is 8.44. The van der Waals surface area contributed by atoms with Gasteiger partial charge in [0, 0.05) is 12.8 Å². The van der Waals surface area contributed by atoms with Gasteiger partial charge >= 0.3 is 11.7 Å². The second-order valence-electron chi connectivity index (χ2n) is 4.04. The third-order valence-corrected chi connectivity index (χ3v) is 3.89. The molecule has 8 heteroatoms. The second-order valence-corrected chi connectivity index (χ2v) is 5.10. The monoisotopic (exact) mass is 274 g/mol. The molecular formula is C10H18N4O3S. The third kappa shape index (κ3) is 3.14. The number of nitrogens with one attached hydrogen (secondary N) is 2. The number of rotatable bonds is 6. The van der Waals surface area contributed by atoms with E-state index in [0.717, 1.165) is 0 Å². The lowest BCUT2D eigenvalue weighted by Gasteiger charge is -2.25. The number of hydrogen-bond acceptors (Lipinski definition) is 6. The van der Waals surface area contributed by atoms with Crippen LogP contribution in [0.1, 0.15) is 13.3 Å². The first-order valence-corrected chi connectivity index (χ1v) is 6.44. The van der Waals surface area contributed by atoms with Crippen LogP contribution in [0.4, 0.5) is 0 Å². The summed E-state index contributed by atoms with van der Waals surface area (Å²) in [6, 6.07) is 0. The fourth-order valence-electron chi connectivity index (χ4n) is 1.36. The Morgan fingerprint density at radius 2 is 2.33 bits per heavy atom. The van der Waals surface area contributed by atoms with Crippen LogP contribution >= 0.6 is 11.8 Å². The zero-order valence-corrected chi connectivity index (χ0v) is 11.8. The van der Waals surface area contributed by atoms with Crippen LogP contribution in [0.25, 0.3) is 0 Å². The molecule has 102 valence electrons. The van der Waals surface area contributed by atoms with E-state index in [2.05, 4.69) is 15.5 Å². The van der Waals surface area contributed by atoms with E-state index in [0.29, 0.717) is 17.3 Å². The fourth-order valence-corrected chi connectivity index (χ4v) is 2.44. The van der Waals surface area contributed by atoms with Crippen molar-refractivity contribution in [2.45, 2.75) is 24.0 Å². The maximum atomic E-state index is 11.6. The molecule has 2 N–H and O–H groups in total. The van der Waals surface area contributed by atoms with Crippen molar-refractivity contribution in [2.24, 2.45) is 7.05 Å². The van der Waals surface area contributed by atoms with Crippen molar-refractivity contribution >= 4 is 17.7 Å². The molecule has 1 rings (SSSR count). The number of H-pyrrole nitrogens is 1.